The molecule has 0 aromatic heterocycles. The van der Waals surface area contributed by atoms with Gasteiger partial charge in [0, 0.05) is 24.9 Å². The predicted octanol–water partition coefficient (Wildman–Crippen LogP) is 2.25. The average molecular weight is 599 g/mol. The number of amides is 3. The lowest BCUT2D eigenvalue weighted by atomic mass is 9.89. The summed E-state index contributed by atoms with van der Waals surface area (Å²) in [4.78, 5) is 53.6. The maximum Gasteiger partial charge on any atom is 0.408 e. The van der Waals surface area contributed by atoms with Crippen LogP contribution in [0.5, 0.6) is 0 Å². The van der Waals surface area contributed by atoms with Gasteiger partial charge in [0.2, 0.25) is 21.8 Å². The van der Waals surface area contributed by atoms with E-state index in [1.807, 2.05) is 32.9 Å². The first-order chi connectivity index (χ1) is 19.1. The van der Waals surface area contributed by atoms with Gasteiger partial charge in [0.15, 0.2) is 0 Å². The molecule has 3 rings (SSSR count). The molecule has 0 spiro atoms. The summed E-state index contributed by atoms with van der Waals surface area (Å²) in [5.41, 5.74) is -1.94. The second kappa shape index (κ2) is 13.1. The third kappa shape index (κ3) is 8.00. The summed E-state index contributed by atoms with van der Waals surface area (Å²) in [6.07, 6.45) is 6.83. The molecule has 0 aromatic rings. The number of carbonyl (C=O) groups excluding carboxylic acids is 3. The summed E-state index contributed by atoms with van der Waals surface area (Å²) in [7, 11) is -2.06. The fourth-order valence-corrected chi connectivity index (χ4v) is 6.24. The Morgan fingerprint density at radius 1 is 1.22 bits per heavy atom. The standard InChI is InChI=1S/C28H46N4O8S/c1-6-41(38,39)31(5)18-22(27(2,3)4)40-26(37)29-20-14-11-9-7-8-10-13-19-17-28(19,25(35)36)30-23(33)21-15-12-16-32(21)24(20)34/h10,13,19-22H,6-9,11-12,14-18H2,1-5H3,(H,29,37)(H,30,33)(H,35,36)/b13-10-/t19?,20-,21-,22?,28+/m0/s1. The first-order valence-corrected chi connectivity index (χ1v) is 16.2. The van der Waals surface area contributed by atoms with Crippen molar-refractivity contribution in [3.05, 3.63) is 12.2 Å². The van der Waals surface area contributed by atoms with E-state index in [9.17, 15) is 32.7 Å². The van der Waals surface area contributed by atoms with E-state index in [-0.39, 0.29) is 18.2 Å². The summed E-state index contributed by atoms with van der Waals surface area (Å²) < 4.78 is 31.5. The van der Waals surface area contributed by atoms with Crippen LogP contribution in [0.4, 0.5) is 4.79 Å². The number of fused-ring (bicyclic) bond motifs is 2. The van der Waals surface area contributed by atoms with Crippen molar-refractivity contribution >= 4 is 33.9 Å². The molecule has 0 radical (unpaired) electrons. The SMILES string of the molecule is CCS(=O)(=O)N(C)CC(OC(=O)N[C@H]1CCCCC/C=C\C2C[C@@]2(C(=O)O)NC(=O)[C@@H]2CCCN2C1=O)C(C)(C)C. The molecule has 0 bridgehead atoms. The Hall–Kier alpha value is -2.67. The van der Waals surface area contributed by atoms with E-state index < -0.39 is 63.0 Å². The lowest BCUT2D eigenvalue weighted by molar-refractivity contribution is -0.145. The van der Waals surface area contributed by atoms with E-state index in [1.165, 1.54) is 16.3 Å². The highest BCUT2D eigenvalue weighted by Gasteiger charge is 2.61. The number of carboxylic acids is 1. The molecule has 3 N–H and O–H groups in total. The minimum atomic E-state index is -3.50. The van der Waals surface area contributed by atoms with E-state index in [1.54, 1.807) is 6.92 Å². The summed E-state index contributed by atoms with van der Waals surface area (Å²) in [6.45, 7) is 7.32. The minimum Gasteiger partial charge on any atom is -0.479 e. The Morgan fingerprint density at radius 2 is 1.93 bits per heavy atom. The number of alkyl carbamates (subject to hydrolysis) is 1. The highest BCUT2D eigenvalue weighted by Crippen LogP contribution is 2.45. The molecule has 13 heteroatoms. The zero-order chi connectivity index (χ0) is 30.6. The second-order valence-corrected chi connectivity index (χ2v) is 14.8. The number of hydrogen-bond donors (Lipinski definition) is 3. The van der Waals surface area contributed by atoms with Crippen LogP contribution in [0, 0.1) is 11.3 Å². The number of aliphatic carboxylic acids is 1. The summed E-state index contributed by atoms with van der Waals surface area (Å²) >= 11 is 0. The fourth-order valence-electron chi connectivity index (χ4n) is 5.44. The molecule has 2 aliphatic heterocycles. The van der Waals surface area contributed by atoms with E-state index in [4.69, 9.17) is 4.74 Å². The predicted molar refractivity (Wildman–Crippen MR) is 152 cm³/mol. The largest absolute Gasteiger partial charge is 0.479 e. The number of allylic oxidation sites excluding steroid dienone is 1. The molecule has 3 aliphatic rings. The molecular formula is C28H46N4O8S. The molecule has 1 aliphatic carbocycles. The lowest BCUT2D eigenvalue weighted by Crippen LogP contribution is -2.56. The summed E-state index contributed by atoms with van der Waals surface area (Å²) in [6, 6.07) is -1.78. The van der Waals surface area contributed by atoms with Crippen LogP contribution in [0.25, 0.3) is 0 Å². The van der Waals surface area contributed by atoms with Gasteiger partial charge in [-0.3, -0.25) is 9.59 Å². The van der Waals surface area contributed by atoms with Crippen molar-refractivity contribution in [3.63, 3.8) is 0 Å². The molecule has 2 fully saturated rings. The lowest BCUT2D eigenvalue weighted by Gasteiger charge is -2.34. The molecule has 1 saturated carbocycles. The van der Waals surface area contributed by atoms with E-state index in [2.05, 4.69) is 10.6 Å². The first-order valence-electron chi connectivity index (χ1n) is 14.6. The summed E-state index contributed by atoms with van der Waals surface area (Å²) in [5.74, 6) is -2.38. The van der Waals surface area contributed by atoms with E-state index in [0.717, 1.165) is 19.3 Å². The zero-order valence-corrected chi connectivity index (χ0v) is 25.7. The van der Waals surface area contributed by atoms with Crippen LogP contribution < -0.4 is 10.6 Å². The van der Waals surface area contributed by atoms with Crippen molar-refractivity contribution in [1.29, 1.82) is 0 Å². The summed E-state index contributed by atoms with van der Waals surface area (Å²) in [5, 5.41) is 15.3. The molecule has 5 atom stereocenters. The van der Waals surface area contributed by atoms with Gasteiger partial charge in [-0.05, 0) is 45.4 Å². The maximum absolute atomic E-state index is 13.7. The number of rotatable bonds is 7. The number of carboxylic acid groups (broad SMARTS) is 1. The van der Waals surface area contributed by atoms with Crippen LogP contribution in [0.15, 0.2) is 12.2 Å². The molecule has 12 nitrogen and oxygen atoms in total. The number of likely N-dealkylation sites (N-methyl/N-ethyl adjacent to an activating group) is 1. The van der Waals surface area contributed by atoms with Crippen molar-refractivity contribution in [1.82, 2.24) is 19.8 Å². The molecule has 2 heterocycles. The molecule has 232 valence electrons. The van der Waals surface area contributed by atoms with E-state index in [0.29, 0.717) is 38.6 Å². The molecule has 41 heavy (non-hydrogen) atoms. The van der Waals surface area contributed by atoms with Gasteiger partial charge in [-0.2, -0.15) is 0 Å². The smallest absolute Gasteiger partial charge is 0.408 e. The molecular weight excluding hydrogens is 552 g/mol. The van der Waals surface area contributed by atoms with Gasteiger partial charge in [-0.15, -0.1) is 0 Å². The quantitative estimate of drug-likeness (QED) is 0.376. The number of ether oxygens (including phenoxy) is 1. The normalized spacial score (nSPS) is 29.3. The topological polar surface area (TPSA) is 162 Å². The Kier molecular flexibility index (Phi) is 10.5. The van der Waals surface area contributed by atoms with Gasteiger partial charge in [0.1, 0.15) is 23.7 Å². The van der Waals surface area contributed by atoms with Gasteiger partial charge in [-0.25, -0.2) is 22.3 Å². The molecule has 2 unspecified atom stereocenters. The molecule has 1 saturated heterocycles. The number of hydrogen-bond acceptors (Lipinski definition) is 7. The van der Waals surface area contributed by atoms with Gasteiger partial charge in [-0.1, -0.05) is 45.8 Å². The van der Waals surface area contributed by atoms with Crippen molar-refractivity contribution in [3.8, 4) is 0 Å². The van der Waals surface area contributed by atoms with Crippen molar-refractivity contribution < 1.29 is 37.4 Å². The van der Waals surface area contributed by atoms with Crippen molar-refractivity contribution in [2.24, 2.45) is 11.3 Å². The molecule has 3 amide bonds. The van der Waals surface area contributed by atoms with Gasteiger partial charge < -0.3 is 25.4 Å². The zero-order valence-electron chi connectivity index (χ0n) is 24.8. The number of carbonyl (C=O) groups is 4. The highest BCUT2D eigenvalue weighted by atomic mass is 32.2. The average Bonchev–Trinajstić information content (AvgIpc) is 3.36. The number of nitrogens with zero attached hydrogens (tertiary/aromatic N) is 2. The molecule has 0 aromatic carbocycles. The Morgan fingerprint density at radius 3 is 2.56 bits per heavy atom. The maximum atomic E-state index is 13.7. The van der Waals surface area contributed by atoms with Crippen molar-refractivity contribution in [2.75, 3.05) is 25.9 Å². The van der Waals surface area contributed by atoms with Gasteiger partial charge in [0.05, 0.1) is 12.3 Å². The number of nitrogens with one attached hydrogen (secondary N) is 2. The Balaban J connectivity index is 1.78. The van der Waals surface area contributed by atoms with Crippen LogP contribution in [-0.2, 0) is 29.1 Å². The Bertz CT molecular complexity index is 1130. The van der Waals surface area contributed by atoms with Crippen molar-refractivity contribution in [2.45, 2.75) is 103 Å². The Labute approximate surface area is 243 Å². The van der Waals surface area contributed by atoms with Gasteiger partial charge in [0.25, 0.3) is 0 Å². The highest BCUT2D eigenvalue weighted by molar-refractivity contribution is 7.89. The van der Waals surface area contributed by atoms with Crippen LogP contribution in [0.2, 0.25) is 0 Å². The van der Waals surface area contributed by atoms with Crippen LogP contribution >= 0.6 is 0 Å². The fraction of sp³-hybridized carbons (Fsp3) is 0.786. The second-order valence-electron chi connectivity index (χ2n) is 12.5. The van der Waals surface area contributed by atoms with Crippen LogP contribution in [0.3, 0.4) is 0 Å². The third-order valence-electron chi connectivity index (χ3n) is 8.38. The van der Waals surface area contributed by atoms with E-state index >= 15 is 0 Å². The van der Waals surface area contributed by atoms with Crippen LogP contribution in [-0.4, -0.2) is 96.2 Å². The monoisotopic (exact) mass is 598 g/mol. The minimum absolute atomic E-state index is 0.0418. The van der Waals surface area contributed by atoms with Crippen LogP contribution in [0.1, 0.15) is 79.1 Å². The first kappa shape index (κ1) is 32.8. The third-order valence-corrected chi connectivity index (χ3v) is 10.2. The number of sulfonamides is 1. The van der Waals surface area contributed by atoms with Gasteiger partial charge >= 0.3 is 12.1 Å².